The summed E-state index contributed by atoms with van der Waals surface area (Å²) in [5.74, 6) is -1.02. The fourth-order valence-corrected chi connectivity index (χ4v) is 1.90. The maximum atomic E-state index is 11.9. The van der Waals surface area contributed by atoms with Crippen LogP contribution in [-0.4, -0.2) is 27.3 Å². The van der Waals surface area contributed by atoms with E-state index in [2.05, 4.69) is 20.8 Å². The molecule has 0 radical (unpaired) electrons. The summed E-state index contributed by atoms with van der Waals surface area (Å²) in [7, 11) is 0. The van der Waals surface area contributed by atoms with Crippen molar-refractivity contribution >= 4 is 17.7 Å². The van der Waals surface area contributed by atoms with Crippen LogP contribution in [0.5, 0.6) is 0 Å². The molecule has 1 heterocycles. The highest BCUT2D eigenvalue weighted by Gasteiger charge is 2.12. The molecule has 4 N–H and O–H groups in total. The Morgan fingerprint density at radius 1 is 1.33 bits per heavy atom. The van der Waals surface area contributed by atoms with Gasteiger partial charge >= 0.3 is 12.0 Å². The van der Waals surface area contributed by atoms with Crippen molar-refractivity contribution in [3.05, 3.63) is 46.8 Å². The summed E-state index contributed by atoms with van der Waals surface area (Å²) in [6.45, 7) is 3.85. The molecule has 7 heteroatoms. The number of carbonyl (C=O) groups excluding carboxylic acids is 1. The Morgan fingerprint density at radius 2 is 2.10 bits per heavy atom. The fourth-order valence-electron chi connectivity index (χ4n) is 1.90. The molecule has 0 bridgehead atoms. The van der Waals surface area contributed by atoms with Crippen LogP contribution >= 0.6 is 0 Å². The third-order valence-corrected chi connectivity index (χ3v) is 3.19. The van der Waals surface area contributed by atoms with E-state index in [1.807, 2.05) is 6.92 Å². The maximum absolute atomic E-state index is 11.9. The first-order valence-corrected chi connectivity index (χ1v) is 6.35. The molecular formula is C14H16N4O3. The fraction of sp³-hybridized carbons (Fsp3) is 0.214. The highest BCUT2D eigenvalue weighted by Crippen LogP contribution is 2.18. The summed E-state index contributed by atoms with van der Waals surface area (Å²) in [4.78, 5) is 22.9. The number of rotatable bonds is 4. The minimum atomic E-state index is -1.02. The lowest BCUT2D eigenvalue weighted by Gasteiger charge is -2.11. The molecule has 0 aliphatic rings. The number of urea groups is 1. The number of carbonyl (C=O) groups is 2. The maximum Gasteiger partial charge on any atom is 0.336 e. The third kappa shape index (κ3) is 3.38. The van der Waals surface area contributed by atoms with Crippen LogP contribution in [0.3, 0.4) is 0 Å². The van der Waals surface area contributed by atoms with Gasteiger partial charge < -0.3 is 15.7 Å². The number of H-pyrrole nitrogens is 1. The van der Waals surface area contributed by atoms with Gasteiger partial charge in [-0.2, -0.15) is 5.10 Å². The number of anilines is 1. The Morgan fingerprint density at radius 3 is 2.71 bits per heavy atom. The largest absolute Gasteiger partial charge is 0.478 e. The summed E-state index contributed by atoms with van der Waals surface area (Å²) in [5, 5.41) is 21.0. The van der Waals surface area contributed by atoms with Gasteiger partial charge in [-0.1, -0.05) is 6.07 Å². The van der Waals surface area contributed by atoms with Crippen molar-refractivity contribution in [3.8, 4) is 0 Å². The first-order valence-electron chi connectivity index (χ1n) is 6.35. The average molecular weight is 288 g/mol. The molecule has 0 aliphatic carbocycles. The van der Waals surface area contributed by atoms with Crippen LogP contribution in [-0.2, 0) is 6.54 Å². The number of aromatic carboxylic acids is 1. The molecule has 0 saturated carbocycles. The predicted octanol–water partition coefficient (Wildman–Crippen LogP) is 2.05. The number of benzene rings is 1. The molecule has 1 aromatic carbocycles. The number of hydrogen-bond donors (Lipinski definition) is 4. The zero-order valence-corrected chi connectivity index (χ0v) is 11.7. The van der Waals surface area contributed by atoms with E-state index in [1.54, 1.807) is 25.3 Å². The van der Waals surface area contributed by atoms with E-state index in [9.17, 15) is 9.59 Å². The van der Waals surface area contributed by atoms with Crippen LogP contribution in [0.15, 0.2) is 24.4 Å². The van der Waals surface area contributed by atoms with Crippen LogP contribution in [0.25, 0.3) is 0 Å². The number of amides is 2. The highest BCUT2D eigenvalue weighted by molar-refractivity contribution is 5.95. The second-order valence-corrected chi connectivity index (χ2v) is 4.61. The van der Waals surface area contributed by atoms with Gasteiger partial charge in [0.05, 0.1) is 11.8 Å². The molecule has 21 heavy (non-hydrogen) atoms. The van der Waals surface area contributed by atoms with Crippen molar-refractivity contribution in [2.75, 3.05) is 5.32 Å². The van der Waals surface area contributed by atoms with Crippen LogP contribution in [0, 0.1) is 13.8 Å². The van der Waals surface area contributed by atoms with Crippen molar-refractivity contribution in [2.24, 2.45) is 0 Å². The van der Waals surface area contributed by atoms with Crippen molar-refractivity contribution in [2.45, 2.75) is 20.4 Å². The molecule has 1 aromatic heterocycles. The summed E-state index contributed by atoms with van der Waals surface area (Å²) >= 11 is 0. The number of nitrogens with one attached hydrogen (secondary N) is 3. The van der Waals surface area contributed by atoms with Crippen LogP contribution in [0.4, 0.5) is 10.5 Å². The van der Waals surface area contributed by atoms with Gasteiger partial charge in [0, 0.05) is 23.5 Å². The van der Waals surface area contributed by atoms with Crippen LogP contribution in [0.2, 0.25) is 0 Å². The SMILES string of the molecule is Cc1[nH]ncc1CNC(=O)Nc1cccc(C(=O)O)c1C. The Balaban J connectivity index is 2.01. The Labute approximate surface area is 121 Å². The molecule has 0 spiro atoms. The first kappa shape index (κ1) is 14.6. The number of aromatic amines is 1. The quantitative estimate of drug-likeness (QED) is 0.690. The van der Waals surface area contributed by atoms with Gasteiger partial charge in [-0.3, -0.25) is 5.10 Å². The molecule has 0 fully saturated rings. The molecule has 2 aromatic rings. The number of aromatic nitrogens is 2. The monoisotopic (exact) mass is 288 g/mol. The van der Waals surface area contributed by atoms with Gasteiger partial charge in [0.25, 0.3) is 0 Å². The Bertz CT molecular complexity index is 679. The zero-order chi connectivity index (χ0) is 15.4. The molecule has 7 nitrogen and oxygen atoms in total. The number of aryl methyl sites for hydroxylation is 1. The second kappa shape index (κ2) is 6.08. The van der Waals surface area contributed by atoms with Gasteiger partial charge in [0.1, 0.15) is 0 Å². The third-order valence-electron chi connectivity index (χ3n) is 3.19. The summed E-state index contributed by atoms with van der Waals surface area (Å²) in [5.41, 5.74) is 2.93. The molecule has 0 unspecified atom stereocenters. The predicted molar refractivity (Wildman–Crippen MR) is 77.3 cm³/mol. The van der Waals surface area contributed by atoms with Crippen molar-refractivity contribution in [1.29, 1.82) is 0 Å². The normalized spacial score (nSPS) is 10.2. The van der Waals surface area contributed by atoms with Gasteiger partial charge in [-0.15, -0.1) is 0 Å². The van der Waals surface area contributed by atoms with E-state index in [-0.39, 0.29) is 5.56 Å². The molecule has 2 amide bonds. The lowest BCUT2D eigenvalue weighted by Crippen LogP contribution is -2.28. The van der Waals surface area contributed by atoms with E-state index < -0.39 is 12.0 Å². The van der Waals surface area contributed by atoms with E-state index in [0.717, 1.165) is 11.3 Å². The van der Waals surface area contributed by atoms with Gasteiger partial charge in [-0.05, 0) is 31.5 Å². The summed E-state index contributed by atoms with van der Waals surface area (Å²) in [6, 6.07) is 4.34. The zero-order valence-electron chi connectivity index (χ0n) is 11.7. The molecule has 0 aliphatic heterocycles. The number of carboxylic acids is 1. The first-order chi connectivity index (χ1) is 9.99. The van der Waals surface area contributed by atoms with Gasteiger partial charge in [-0.25, -0.2) is 9.59 Å². The van der Waals surface area contributed by atoms with E-state index in [4.69, 9.17) is 5.11 Å². The number of nitrogens with zero attached hydrogens (tertiary/aromatic N) is 1. The second-order valence-electron chi connectivity index (χ2n) is 4.61. The minimum absolute atomic E-state index is 0.165. The lowest BCUT2D eigenvalue weighted by atomic mass is 10.1. The molecule has 0 atom stereocenters. The number of hydrogen-bond acceptors (Lipinski definition) is 3. The van der Waals surface area contributed by atoms with Crippen molar-refractivity contribution in [3.63, 3.8) is 0 Å². The van der Waals surface area contributed by atoms with Crippen molar-refractivity contribution in [1.82, 2.24) is 15.5 Å². The van der Waals surface area contributed by atoms with Gasteiger partial charge in [0.15, 0.2) is 0 Å². The standard InChI is InChI=1S/C14H16N4O3/c1-8-11(13(19)20)4-3-5-12(8)17-14(21)15-6-10-7-16-18-9(10)2/h3-5,7H,6H2,1-2H3,(H,16,18)(H,19,20)(H2,15,17,21). The molecular weight excluding hydrogens is 272 g/mol. The topological polar surface area (TPSA) is 107 Å². The molecule has 2 rings (SSSR count). The van der Waals surface area contributed by atoms with Gasteiger partial charge in [0.2, 0.25) is 0 Å². The lowest BCUT2D eigenvalue weighted by molar-refractivity contribution is 0.0696. The number of carboxylic acid groups (broad SMARTS) is 1. The highest BCUT2D eigenvalue weighted by atomic mass is 16.4. The summed E-state index contributed by atoms with van der Waals surface area (Å²) in [6.07, 6.45) is 1.64. The Hall–Kier alpha value is -2.83. The van der Waals surface area contributed by atoms with E-state index in [1.165, 1.54) is 6.07 Å². The van der Waals surface area contributed by atoms with Crippen LogP contribution in [0.1, 0.15) is 27.2 Å². The van der Waals surface area contributed by atoms with Crippen molar-refractivity contribution < 1.29 is 14.7 Å². The smallest absolute Gasteiger partial charge is 0.336 e. The average Bonchev–Trinajstić information content (AvgIpc) is 2.84. The van der Waals surface area contributed by atoms with E-state index >= 15 is 0 Å². The van der Waals surface area contributed by atoms with E-state index in [0.29, 0.717) is 17.8 Å². The molecule has 110 valence electrons. The Kier molecular flexibility index (Phi) is 4.22. The minimum Gasteiger partial charge on any atom is -0.478 e. The van der Waals surface area contributed by atoms with Crippen LogP contribution < -0.4 is 10.6 Å². The molecule has 0 saturated heterocycles. The summed E-state index contributed by atoms with van der Waals surface area (Å²) < 4.78 is 0.